The van der Waals surface area contributed by atoms with Gasteiger partial charge in [0.25, 0.3) is 0 Å². The lowest BCUT2D eigenvalue weighted by Gasteiger charge is -2.34. The summed E-state index contributed by atoms with van der Waals surface area (Å²) in [6.45, 7) is -0.135. The fraction of sp³-hybridized carbons (Fsp3) is 0.333. The van der Waals surface area contributed by atoms with Gasteiger partial charge in [-0.25, -0.2) is 4.79 Å². The van der Waals surface area contributed by atoms with Crippen LogP contribution in [-0.4, -0.2) is 34.7 Å². The van der Waals surface area contributed by atoms with E-state index in [0.717, 1.165) is 0 Å². The van der Waals surface area contributed by atoms with Gasteiger partial charge in [0, 0.05) is 24.6 Å². The number of carboxylic acid groups (broad SMARTS) is 1. The molecule has 1 unspecified atom stereocenters. The molecular weight excluding hydrogens is 222 g/mol. The number of aliphatic hydroxyl groups excluding tert-OH is 1. The number of hydrogen-bond acceptors (Lipinski definition) is 3. The third kappa shape index (κ3) is 2.01. The van der Waals surface area contributed by atoms with Crippen LogP contribution in [-0.2, 0) is 0 Å². The Balaban J connectivity index is 2.46. The van der Waals surface area contributed by atoms with Crippen LogP contribution in [0.25, 0.3) is 0 Å². The van der Waals surface area contributed by atoms with Crippen LogP contribution in [0.1, 0.15) is 23.2 Å². The predicted molar refractivity (Wildman–Crippen MR) is 61.4 cm³/mol. The summed E-state index contributed by atoms with van der Waals surface area (Å²) in [5, 5.41) is 18.1. The van der Waals surface area contributed by atoms with Gasteiger partial charge >= 0.3 is 6.09 Å². The van der Waals surface area contributed by atoms with Gasteiger partial charge in [-0.1, -0.05) is 12.1 Å². The number of amides is 1. The van der Waals surface area contributed by atoms with Gasteiger partial charge in [-0.3, -0.25) is 9.69 Å². The molecule has 1 atom stereocenters. The predicted octanol–water partition coefficient (Wildman–Crippen LogP) is 1.51. The maximum Gasteiger partial charge on any atom is 0.412 e. The van der Waals surface area contributed by atoms with Crippen molar-refractivity contribution in [2.45, 2.75) is 18.9 Å². The summed E-state index contributed by atoms with van der Waals surface area (Å²) in [5.41, 5.74) is 0.846. The molecule has 0 radical (unpaired) electrons. The van der Waals surface area contributed by atoms with Crippen LogP contribution in [0.15, 0.2) is 24.3 Å². The molecule has 5 nitrogen and oxygen atoms in total. The summed E-state index contributed by atoms with van der Waals surface area (Å²) in [6, 6.07) is 6.18. The van der Waals surface area contributed by atoms with E-state index in [9.17, 15) is 14.7 Å². The zero-order valence-corrected chi connectivity index (χ0v) is 9.17. The van der Waals surface area contributed by atoms with Crippen molar-refractivity contribution in [3.8, 4) is 0 Å². The number of carbonyl (C=O) groups is 2. The Morgan fingerprint density at radius 3 is 2.76 bits per heavy atom. The first kappa shape index (κ1) is 11.6. The number of hydrogen-bond donors (Lipinski definition) is 2. The SMILES string of the molecule is O=C1CC(CCO)N(C(=O)O)c2ccccc21. The molecule has 1 aliphatic rings. The van der Waals surface area contributed by atoms with Gasteiger partial charge in [0.05, 0.1) is 5.69 Å². The lowest BCUT2D eigenvalue weighted by Crippen LogP contribution is -2.45. The van der Waals surface area contributed by atoms with Gasteiger partial charge in [-0.05, 0) is 18.6 Å². The molecule has 0 saturated carbocycles. The Kier molecular flexibility index (Phi) is 3.10. The molecule has 1 amide bonds. The normalized spacial score (nSPS) is 19.0. The topological polar surface area (TPSA) is 77.8 Å². The van der Waals surface area contributed by atoms with Crippen molar-refractivity contribution in [3.05, 3.63) is 29.8 Å². The van der Waals surface area contributed by atoms with E-state index in [0.29, 0.717) is 11.3 Å². The Hall–Kier alpha value is -1.88. The van der Waals surface area contributed by atoms with Crippen LogP contribution in [0.5, 0.6) is 0 Å². The molecular formula is C12H13NO4. The molecule has 0 spiro atoms. The number of rotatable bonds is 2. The number of para-hydroxylation sites is 1. The van der Waals surface area contributed by atoms with E-state index in [-0.39, 0.29) is 25.2 Å². The Bertz CT molecular complexity index is 458. The summed E-state index contributed by atoms with van der Waals surface area (Å²) in [5.74, 6) is -0.0726. The molecule has 0 saturated heterocycles. The number of ketones is 1. The summed E-state index contributed by atoms with van der Waals surface area (Å²) >= 11 is 0. The van der Waals surface area contributed by atoms with E-state index in [4.69, 9.17) is 5.11 Å². The molecule has 1 aromatic rings. The number of benzene rings is 1. The maximum atomic E-state index is 11.8. The standard InChI is InChI=1S/C12H13NO4/c14-6-5-8-7-11(15)9-3-1-2-4-10(9)13(8)12(16)17/h1-4,8,14H,5-7H2,(H,16,17). The van der Waals surface area contributed by atoms with Crippen molar-refractivity contribution in [3.63, 3.8) is 0 Å². The van der Waals surface area contributed by atoms with Gasteiger partial charge in [0.15, 0.2) is 5.78 Å². The first-order valence-corrected chi connectivity index (χ1v) is 5.40. The van der Waals surface area contributed by atoms with Gasteiger partial charge in [0.1, 0.15) is 0 Å². The molecule has 17 heavy (non-hydrogen) atoms. The van der Waals surface area contributed by atoms with Gasteiger partial charge in [0.2, 0.25) is 0 Å². The molecule has 5 heteroatoms. The van der Waals surface area contributed by atoms with Crippen molar-refractivity contribution >= 4 is 17.6 Å². The van der Waals surface area contributed by atoms with Crippen LogP contribution >= 0.6 is 0 Å². The average Bonchev–Trinajstić information content (AvgIpc) is 2.29. The smallest absolute Gasteiger partial charge is 0.412 e. The second-order valence-corrected chi connectivity index (χ2v) is 3.96. The molecule has 0 bridgehead atoms. The number of aliphatic hydroxyl groups is 1. The van der Waals surface area contributed by atoms with Crippen LogP contribution < -0.4 is 4.90 Å². The number of fused-ring (bicyclic) bond motifs is 1. The second kappa shape index (κ2) is 4.55. The van der Waals surface area contributed by atoms with E-state index in [1.807, 2.05) is 0 Å². The van der Waals surface area contributed by atoms with Gasteiger partial charge in [-0.15, -0.1) is 0 Å². The molecule has 90 valence electrons. The summed E-state index contributed by atoms with van der Waals surface area (Å²) in [7, 11) is 0. The minimum atomic E-state index is -1.09. The Morgan fingerprint density at radius 1 is 1.41 bits per heavy atom. The fourth-order valence-corrected chi connectivity index (χ4v) is 2.17. The quantitative estimate of drug-likeness (QED) is 0.814. The molecule has 1 aromatic carbocycles. The van der Waals surface area contributed by atoms with Crippen LogP contribution in [0.2, 0.25) is 0 Å². The molecule has 1 heterocycles. The van der Waals surface area contributed by atoms with E-state index >= 15 is 0 Å². The number of carbonyl (C=O) groups excluding carboxylic acids is 1. The van der Waals surface area contributed by atoms with Gasteiger partial charge in [-0.2, -0.15) is 0 Å². The van der Waals surface area contributed by atoms with Crippen molar-refractivity contribution in [2.24, 2.45) is 0 Å². The van der Waals surface area contributed by atoms with Crippen LogP contribution in [0.4, 0.5) is 10.5 Å². The third-order valence-corrected chi connectivity index (χ3v) is 2.92. The average molecular weight is 235 g/mol. The number of Topliss-reactive ketones (excluding diaryl/α,β-unsaturated/α-hetero) is 1. The minimum Gasteiger partial charge on any atom is -0.465 e. The first-order valence-electron chi connectivity index (χ1n) is 5.40. The fourth-order valence-electron chi connectivity index (χ4n) is 2.17. The van der Waals surface area contributed by atoms with Crippen molar-refractivity contribution in [1.82, 2.24) is 0 Å². The molecule has 0 aliphatic carbocycles. The molecule has 0 fully saturated rings. The Morgan fingerprint density at radius 2 is 2.12 bits per heavy atom. The highest BCUT2D eigenvalue weighted by atomic mass is 16.4. The third-order valence-electron chi connectivity index (χ3n) is 2.92. The maximum absolute atomic E-state index is 11.8. The van der Waals surface area contributed by atoms with Crippen molar-refractivity contribution < 1.29 is 19.8 Å². The zero-order chi connectivity index (χ0) is 12.4. The largest absolute Gasteiger partial charge is 0.465 e. The Labute approximate surface area is 98.3 Å². The summed E-state index contributed by atoms with van der Waals surface area (Å²) in [4.78, 5) is 24.3. The van der Waals surface area contributed by atoms with Crippen molar-refractivity contribution in [2.75, 3.05) is 11.5 Å². The highest BCUT2D eigenvalue weighted by molar-refractivity contribution is 6.07. The highest BCUT2D eigenvalue weighted by Gasteiger charge is 2.34. The van der Waals surface area contributed by atoms with E-state index in [1.54, 1.807) is 24.3 Å². The number of nitrogens with zero attached hydrogens (tertiary/aromatic N) is 1. The van der Waals surface area contributed by atoms with E-state index in [1.165, 1.54) is 4.90 Å². The monoisotopic (exact) mass is 235 g/mol. The lowest BCUT2D eigenvalue weighted by molar-refractivity contribution is 0.0960. The highest BCUT2D eigenvalue weighted by Crippen LogP contribution is 2.31. The molecule has 2 rings (SSSR count). The summed E-state index contributed by atoms with van der Waals surface area (Å²) < 4.78 is 0. The molecule has 2 N–H and O–H groups in total. The molecule has 0 aromatic heterocycles. The van der Waals surface area contributed by atoms with E-state index in [2.05, 4.69) is 0 Å². The van der Waals surface area contributed by atoms with Crippen molar-refractivity contribution in [1.29, 1.82) is 0 Å². The van der Waals surface area contributed by atoms with Gasteiger partial charge < -0.3 is 10.2 Å². The number of anilines is 1. The first-order chi connectivity index (χ1) is 8.15. The minimum absolute atomic E-state index is 0.0726. The van der Waals surface area contributed by atoms with Crippen LogP contribution in [0, 0.1) is 0 Å². The molecule has 1 aliphatic heterocycles. The summed E-state index contributed by atoms with van der Waals surface area (Å²) in [6.07, 6.45) is -0.695. The zero-order valence-electron chi connectivity index (χ0n) is 9.17. The van der Waals surface area contributed by atoms with Crippen LogP contribution in [0.3, 0.4) is 0 Å². The second-order valence-electron chi connectivity index (χ2n) is 3.96. The van der Waals surface area contributed by atoms with E-state index < -0.39 is 12.1 Å². The lowest BCUT2D eigenvalue weighted by atomic mass is 9.93.